The molecular weight excluding hydrogens is 348 g/mol. The summed E-state index contributed by atoms with van der Waals surface area (Å²) in [6.07, 6.45) is 2.64. The molecule has 0 amide bonds. The highest BCUT2D eigenvalue weighted by molar-refractivity contribution is 6.12. The number of ketones is 1. The van der Waals surface area contributed by atoms with Gasteiger partial charge in [-0.15, -0.1) is 0 Å². The first-order valence-electron chi connectivity index (χ1n) is 8.05. The van der Waals surface area contributed by atoms with E-state index in [0.717, 1.165) is 0 Å². The van der Waals surface area contributed by atoms with Crippen LogP contribution in [0.5, 0.6) is 11.5 Å². The highest BCUT2D eigenvalue weighted by atomic mass is 16.5. The van der Waals surface area contributed by atoms with E-state index in [9.17, 15) is 14.7 Å². The topological polar surface area (TPSA) is 94.6 Å². The Morgan fingerprint density at radius 2 is 1.89 bits per heavy atom. The summed E-state index contributed by atoms with van der Waals surface area (Å²) >= 11 is 0. The van der Waals surface area contributed by atoms with Crippen LogP contribution in [0.15, 0.2) is 70.3 Å². The highest BCUT2D eigenvalue weighted by Gasteiger charge is 2.18. The van der Waals surface area contributed by atoms with E-state index in [-0.39, 0.29) is 28.0 Å². The number of hydrogen-bond donors (Lipinski definition) is 1. The molecule has 0 saturated heterocycles. The van der Waals surface area contributed by atoms with Crippen LogP contribution in [0.1, 0.15) is 15.9 Å². The second kappa shape index (κ2) is 6.45. The number of rotatable bonds is 4. The number of phenols is 1. The van der Waals surface area contributed by atoms with Crippen LogP contribution < -0.4 is 10.3 Å². The molecule has 0 atom stereocenters. The number of phenolic OH excluding ortho intramolecular Hbond substituents is 1. The fraction of sp³-hybridized carbons (Fsp3) is 0.0500. The van der Waals surface area contributed by atoms with Gasteiger partial charge in [-0.1, -0.05) is 0 Å². The second-order valence-corrected chi connectivity index (χ2v) is 5.81. The van der Waals surface area contributed by atoms with Crippen molar-refractivity contribution < 1.29 is 19.1 Å². The number of carbonyl (C=O) groups is 1. The van der Waals surface area contributed by atoms with Gasteiger partial charge in [0.15, 0.2) is 29.0 Å². The van der Waals surface area contributed by atoms with Crippen molar-refractivity contribution in [3.05, 3.63) is 82.6 Å². The molecule has 27 heavy (non-hydrogen) atoms. The number of nitrogens with zero attached hydrogens (tertiary/aromatic N) is 2. The molecule has 7 nitrogen and oxygen atoms in total. The summed E-state index contributed by atoms with van der Waals surface area (Å²) in [5, 5.41) is 10.3. The molecule has 0 bridgehead atoms. The first-order valence-corrected chi connectivity index (χ1v) is 8.05. The number of carbonyl (C=O) groups excluding carboxylic acids is 1. The van der Waals surface area contributed by atoms with Gasteiger partial charge in [-0.3, -0.25) is 14.2 Å². The standard InChI is InChI=1S/C20H14N2O5/c1-26-14-5-3-13(4-6-14)22-10-12(2-9-17(22)23)19(24)15-7-8-16-18(20(15)25)21-11-27-16/h2-11,25H,1H3. The normalized spacial score (nSPS) is 10.9. The Balaban J connectivity index is 1.78. The van der Waals surface area contributed by atoms with Crippen molar-refractivity contribution >= 4 is 16.9 Å². The predicted molar refractivity (Wildman–Crippen MR) is 97.7 cm³/mol. The molecule has 2 heterocycles. The number of aromatic nitrogens is 2. The van der Waals surface area contributed by atoms with E-state index in [4.69, 9.17) is 9.15 Å². The number of ether oxygens (including phenoxy) is 1. The Kier molecular flexibility index (Phi) is 3.97. The summed E-state index contributed by atoms with van der Waals surface area (Å²) in [6.45, 7) is 0. The number of methoxy groups -OCH3 is 1. The molecule has 0 spiro atoms. The summed E-state index contributed by atoms with van der Waals surface area (Å²) in [6, 6.07) is 12.6. The van der Waals surface area contributed by atoms with Gasteiger partial charge in [-0.05, 0) is 42.5 Å². The van der Waals surface area contributed by atoms with Crippen LogP contribution in [-0.2, 0) is 0 Å². The van der Waals surface area contributed by atoms with Crippen molar-refractivity contribution in [1.29, 1.82) is 0 Å². The molecule has 134 valence electrons. The third kappa shape index (κ3) is 2.85. The molecule has 0 aliphatic heterocycles. The van der Waals surface area contributed by atoms with Crippen LogP contribution in [0.3, 0.4) is 0 Å². The molecule has 4 aromatic rings. The molecule has 0 unspecified atom stereocenters. The monoisotopic (exact) mass is 362 g/mol. The summed E-state index contributed by atoms with van der Waals surface area (Å²) in [7, 11) is 1.55. The summed E-state index contributed by atoms with van der Waals surface area (Å²) < 4.78 is 11.6. The first kappa shape index (κ1) is 16.6. The number of oxazole rings is 1. The minimum absolute atomic E-state index is 0.0799. The lowest BCUT2D eigenvalue weighted by atomic mass is 10.0. The number of pyridine rings is 1. The molecule has 2 aromatic heterocycles. The van der Waals surface area contributed by atoms with E-state index in [1.54, 1.807) is 37.4 Å². The zero-order chi connectivity index (χ0) is 19.0. The number of fused-ring (bicyclic) bond motifs is 1. The Labute approximate surface area is 153 Å². The summed E-state index contributed by atoms with van der Waals surface area (Å²) in [4.78, 5) is 29.0. The van der Waals surface area contributed by atoms with Crippen LogP contribution in [-0.4, -0.2) is 27.6 Å². The van der Waals surface area contributed by atoms with Gasteiger partial charge in [0.05, 0.1) is 12.7 Å². The number of hydrogen-bond acceptors (Lipinski definition) is 6. The van der Waals surface area contributed by atoms with Crippen LogP contribution in [0.2, 0.25) is 0 Å². The van der Waals surface area contributed by atoms with E-state index < -0.39 is 5.78 Å². The second-order valence-electron chi connectivity index (χ2n) is 5.81. The predicted octanol–water partition coefficient (Wildman–Crippen LogP) is 2.92. The largest absolute Gasteiger partial charge is 0.505 e. The zero-order valence-corrected chi connectivity index (χ0v) is 14.2. The van der Waals surface area contributed by atoms with Gasteiger partial charge in [-0.2, -0.15) is 0 Å². The van der Waals surface area contributed by atoms with Crippen LogP contribution in [0.4, 0.5) is 0 Å². The van der Waals surface area contributed by atoms with Crippen molar-refractivity contribution in [2.75, 3.05) is 7.11 Å². The van der Waals surface area contributed by atoms with Gasteiger partial charge >= 0.3 is 0 Å². The maximum atomic E-state index is 12.9. The van der Waals surface area contributed by atoms with E-state index in [0.29, 0.717) is 17.0 Å². The Morgan fingerprint density at radius 3 is 2.63 bits per heavy atom. The molecule has 4 rings (SSSR count). The summed E-state index contributed by atoms with van der Waals surface area (Å²) in [5.41, 5.74) is 1.23. The van der Waals surface area contributed by atoms with Gasteiger partial charge in [0.25, 0.3) is 5.56 Å². The molecule has 0 fully saturated rings. The zero-order valence-electron chi connectivity index (χ0n) is 14.2. The molecular formula is C20H14N2O5. The summed E-state index contributed by atoms with van der Waals surface area (Å²) in [5.74, 6) is -0.0297. The molecule has 0 saturated carbocycles. The van der Waals surface area contributed by atoms with Crippen molar-refractivity contribution in [2.45, 2.75) is 0 Å². The van der Waals surface area contributed by atoms with E-state index in [1.807, 2.05) is 0 Å². The number of benzene rings is 2. The van der Waals surface area contributed by atoms with Crippen molar-refractivity contribution in [2.24, 2.45) is 0 Å². The average Bonchev–Trinajstić information content (AvgIpc) is 3.18. The van der Waals surface area contributed by atoms with Gasteiger partial charge in [0.1, 0.15) is 5.75 Å². The van der Waals surface area contributed by atoms with Crippen LogP contribution in [0.25, 0.3) is 16.8 Å². The van der Waals surface area contributed by atoms with Gasteiger partial charge in [-0.25, -0.2) is 4.98 Å². The minimum Gasteiger partial charge on any atom is -0.505 e. The Hall–Kier alpha value is -3.87. The maximum absolute atomic E-state index is 12.9. The Bertz CT molecular complexity index is 1210. The minimum atomic E-state index is -0.431. The van der Waals surface area contributed by atoms with Gasteiger partial charge in [0.2, 0.25) is 0 Å². The van der Waals surface area contributed by atoms with Gasteiger partial charge in [0, 0.05) is 23.5 Å². The quantitative estimate of drug-likeness (QED) is 0.561. The molecule has 0 radical (unpaired) electrons. The van der Waals surface area contributed by atoms with Crippen molar-refractivity contribution in [1.82, 2.24) is 9.55 Å². The van der Waals surface area contributed by atoms with Crippen molar-refractivity contribution in [3.63, 3.8) is 0 Å². The fourth-order valence-electron chi connectivity index (χ4n) is 2.82. The van der Waals surface area contributed by atoms with Crippen LogP contribution in [0, 0.1) is 0 Å². The smallest absolute Gasteiger partial charge is 0.255 e. The molecule has 1 N–H and O–H groups in total. The van der Waals surface area contributed by atoms with E-state index in [1.165, 1.54) is 35.4 Å². The fourth-order valence-corrected chi connectivity index (χ4v) is 2.82. The first-order chi connectivity index (χ1) is 13.1. The number of aromatic hydroxyl groups is 1. The SMILES string of the molecule is COc1ccc(-n2cc(C(=O)c3ccc4ocnc4c3O)ccc2=O)cc1. The molecule has 7 heteroatoms. The molecule has 0 aliphatic carbocycles. The maximum Gasteiger partial charge on any atom is 0.255 e. The van der Waals surface area contributed by atoms with Gasteiger partial charge < -0.3 is 14.3 Å². The lowest BCUT2D eigenvalue weighted by molar-refractivity contribution is 0.103. The van der Waals surface area contributed by atoms with Crippen LogP contribution >= 0.6 is 0 Å². The third-order valence-electron chi connectivity index (χ3n) is 4.24. The molecule has 2 aromatic carbocycles. The van der Waals surface area contributed by atoms with Crippen molar-refractivity contribution in [3.8, 4) is 17.2 Å². The highest BCUT2D eigenvalue weighted by Crippen LogP contribution is 2.29. The van der Waals surface area contributed by atoms with E-state index in [2.05, 4.69) is 4.98 Å². The third-order valence-corrected chi connectivity index (χ3v) is 4.24. The lowest BCUT2D eigenvalue weighted by Crippen LogP contribution is -2.18. The lowest BCUT2D eigenvalue weighted by Gasteiger charge is -2.09. The average molecular weight is 362 g/mol. The van der Waals surface area contributed by atoms with E-state index >= 15 is 0 Å². The Morgan fingerprint density at radius 1 is 1.11 bits per heavy atom. The molecule has 0 aliphatic rings.